The number of nitro benzene ring substituents is 1. The van der Waals surface area contributed by atoms with Gasteiger partial charge in [-0.25, -0.2) is 8.42 Å². The first-order valence-electron chi connectivity index (χ1n) is 8.05. The maximum Gasteiger partial charge on any atom is 0.272 e. The van der Waals surface area contributed by atoms with Crippen LogP contribution in [0, 0.1) is 17.0 Å². The summed E-state index contributed by atoms with van der Waals surface area (Å²) in [5.74, 6) is -0.549. The maximum atomic E-state index is 12.8. The smallest absolute Gasteiger partial charge is 0.272 e. The number of carbonyl (C=O) groups is 1. The van der Waals surface area contributed by atoms with Crippen LogP contribution in [0.25, 0.3) is 0 Å². The molecule has 2 N–H and O–H groups in total. The van der Waals surface area contributed by atoms with Gasteiger partial charge in [0.25, 0.3) is 5.69 Å². The zero-order chi connectivity index (χ0) is 18.8. The Labute approximate surface area is 159 Å². The van der Waals surface area contributed by atoms with E-state index in [4.69, 9.17) is 0 Å². The van der Waals surface area contributed by atoms with Crippen LogP contribution in [0.2, 0.25) is 0 Å². The number of sulfone groups is 1. The maximum absolute atomic E-state index is 12.8. The number of benzene rings is 1. The lowest BCUT2D eigenvalue weighted by molar-refractivity contribution is -0.385. The molecule has 0 aromatic heterocycles. The SMILES string of the molecule is Cc1ccc(C(C)NC(=O)C2(S(C)(=O)=O)CCNCC2)cc1[N+](=O)[O-].Cl. The second-order valence-electron chi connectivity index (χ2n) is 6.51. The Kier molecular flexibility index (Phi) is 7.15. The summed E-state index contributed by atoms with van der Waals surface area (Å²) in [7, 11) is -3.60. The normalized spacial score (nSPS) is 17.7. The fourth-order valence-corrected chi connectivity index (χ4v) is 4.44. The zero-order valence-electron chi connectivity index (χ0n) is 14.9. The molecule has 0 bridgehead atoms. The molecule has 1 atom stereocenters. The van der Waals surface area contributed by atoms with Crippen LogP contribution in [0.15, 0.2) is 18.2 Å². The van der Waals surface area contributed by atoms with Crippen LogP contribution in [0.4, 0.5) is 5.69 Å². The standard InChI is InChI=1S/C16H23N3O5S.ClH/c1-11-4-5-13(10-14(11)19(21)22)12(2)18-15(20)16(25(3,23)24)6-8-17-9-7-16;/h4-5,10,12,17H,6-9H2,1-3H3,(H,18,20);1H. The van der Waals surface area contributed by atoms with E-state index in [-0.39, 0.29) is 30.9 Å². The second-order valence-corrected chi connectivity index (χ2v) is 8.84. The van der Waals surface area contributed by atoms with Crippen molar-refractivity contribution in [2.45, 2.75) is 37.5 Å². The Morgan fingerprint density at radius 2 is 1.92 bits per heavy atom. The molecule has 0 spiro atoms. The van der Waals surface area contributed by atoms with Crippen molar-refractivity contribution in [1.29, 1.82) is 0 Å². The molecule has 0 aliphatic carbocycles. The molecule has 1 saturated heterocycles. The number of rotatable bonds is 5. The first kappa shape index (κ1) is 22.3. The lowest BCUT2D eigenvalue weighted by Crippen LogP contribution is -2.57. The number of carbonyl (C=O) groups excluding carboxylic acids is 1. The molecule has 146 valence electrons. The first-order valence-corrected chi connectivity index (χ1v) is 9.94. The molecule has 8 nitrogen and oxygen atoms in total. The van der Waals surface area contributed by atoms with Crippen LogP contribution < -0.4 is 10.6 Å². The molecule has 10 heteroatoms. The monoisotopic (exact) mass is 405 g/mol. The van der Waals surface area contributed by atoms with Gasteiger partial charge in [0, 0.05) is 17.9 Å². The molecule has 0 radical (unpaired) electrons. The molecule has 0 saturated carbocycles. The van der Waals surface area contributed by atoms with Crippen LogP contribution in [0.1, 0.15) is 36.9 Å². The summed E-state index contributed by atoms with van der Waals surface area (Å²) in [6.07, 6.45) is 1.50. The van der Waals surface area contributed by atoms with Crippen molar-refractivity contribution in [3.8, 4) is 0 Å². The van der Waals surface area contributed by atoms with E-state index >= 15 is 0 Å². The molecular weight excluding hydrogens is 382 g/mol. The highest BCUT2D eigenvalue weighted by Crippen LogP contribution is 2.30. The highest BCUT2D eigenvalue weighted by atomic mass is 35.5. The first-order chi connectivity index (χ1) is 11.6. The van der Waals surface area contributed by atoms with Gasteiger partial charge in [-0.1, -0.05) is 12.1 Å². The summed E-state index contributed by atoms with van der Waals surface area (Å²) in [6, 6.07) is 4.19. The third-order valence-corrected chi connectivity index (χ3v) is 6.83. The van der Waals surface area contributed by atoms with Gasteiger partial charge in [0.1, 0.15) is 0 Å². The fraction of sp³-hybridized carbons (Fsp3) is 0.562. The average Bonchev–Trinajstić information content (AvgIpc) is 2.54. The van der Waals surface area contributed by atoms with Gasteiger partial charge in [-0.2, -0.15) is 0 Å². The molecule has 1 aliphatic heterocycles. The lowest BCUT2D eigenvalue weighted by atomic mass is 9.95. The van der Waals surface area contributed by atoms with Crippen molar-refractivity contribution >= 4 is 33.8 Å². The number of nitrogens with one attached hydrogen (secondary N) is 2. The third-order valence-electron chi connectivity index (χ3n) is 4.81. The topological polar surface area (TPSA) is 118 Å². The van der Waals surface area contributed by atoms with E-state index in [2.05, 4.69) is 10.6 Å². The summed E-state index contributed by atoms with van der Waals surface area (Å²) < 4.78 is 23.1. The van der Waals surface area contributed by atoms with Gasteiger partial charge < -0.3 is 10.6 Å². The zero-order valence-corrected chi connectivity index (χ0v) is 16.6. The van der Waals surface area contributed by atoms with Crippen molar-refractivity contribution in [3.05, 3.63) is 39.4 Å². The van der Waals surface area contributed by atoms with E-state index in [1.54, 1.807) is 26.0 Å². The average molecular weight is 406 g/mol. The highest BCUT2D eigenvalue weighted by molar-refractivity contribution is 7.92. The Morgan fingerprint density at radius 3 is 2.42 bits per heavy atom. The summed E-state index contributed by atoms with van der Waals surface area (Å²) in [5, 5.41) is 16.9. The van der Waals surface area contributed by atoms with E-state index in [9.17, 15) is 23.3 Å². The minimum absolute atomic E-state index is 0. The van der Waals surface area contributed by atoms with Gasteiger partial charge in [0.2, 0.25) is 5.91 Å². The van der Waals surface area contributed by atoms with Crippen LogP contribution in [0.5, 0.6) is 0 Å². The molecule has 1 aromatic carbocycles. The number of hydrogen-bond donors (Lipinski definition) is 2. The number of nitro groups is 1. The molecule has 26 heavy (non-hydrogen) atoms. The van der Waals surface area contributed by atoms with Gasteiger partial charge in [-0.3, -0.25) is 14.9 Å². The predicted octanol–water partition coefficient (Wildman–Crippen LogP) is 1.67. The molecule has 1 amide bonds. The van der Waals surface area contributed by atoms with E-state index in [0.29, 0.717) is 24.2 Å². The van der Waals surface area contributed by atoms with Crippen molar-refractivity contribution in [2.75, 3.05) is 19.3 Å². The fourth-order valence-electron chi connectivity index (χ4n) is 3.10. The van der Waals surface area contributed by atoms with Crippen LogP contribution in [-0.4, -0.2) is 43.3 Å². The van der Waals surface area contributed by atoms with Gasteiger partial charge in [0.05, 0.1) is 11.0 Å². The predicted molar refractivity (Wildman–Crippen MR) is 101 cm³/mol. The quantitative estimate of drug-likeness (QED) is 0.568. The summed E-state index contributed by atoms with van der Waals surface area (Å²) in [5.41, 5.74) is 1.06. The van der Waals surface area contributed by atoms with Gasteiger partial charge >= 0.3 is 0 Å². The van der Waals surface area contributed by atoms with E-state index in [0.717, 1.165) is 6.26 Å². The van der Waals surface area contributed by atoms with Crippen molar-refractivity contribution in [2.24, 2.45) is 0 Å². The largest absolute Gasteiger partial charge is 0.348 e. The highest BCUT2D eigenvalue weighted by Gasteiger charge is 2.48. The van der Waals surface area contributed by atoms with Crippen molar-refractivity contribution < 1.29 is 18.1 Å². The number of piperidine rings is 1. The molecule has 1 unspecified atom stereocenters. The Balaban J connectivity index is 0.00000338. The Hall–Kier alpha value is -1.71. The molecule has 2 rings (SSSR count). The van der Waals surface area contributed by atoms with Crippen LogP contribution in [0.3, 0.4) is 0 Å². The lowest BCUT2D eigenvalue weighted by Gasteiger charge is -2.35. The number of amides is 1. The van der Waals surface area contributed by atoms with Crippen LogP contribution in [-0.2, 0) is 14.6 Å². The summed E-state index contributed by atoms with van der Waals surface area (Å²) in [6.45, 7) is 4.22. The molecule has 1 fully saturated rings. The van der Waals surface area contributed by atoms with Crippen molar-refractivity contribution in [3.63, 3.8) is 0 Å². The molecule has 1 heterocycles. The number of nitrogens with zero attached hydrogens (tertiary/aromatic N) is 1. The third kappa shape index (κ3) is 4.33. The van der Waals surface area contributed by atoms with E-state index in [1.165, 1.54) is 6.07 Å². The summed E-state index contributed by atoms with van der Waals surface area (Å²) in [4.78, 5) is 23.4. The molecular formula is C16H24ClN3O5S. The minimum atomic E-state index is -3.60. The van der Waals surface area contributed by atoms with E-state index in [1.807, 2.05) is 0 Å². The number of aryl methyl sites for hydroxylation is 1. The number of hydrogen-bond acceptors (Lipinski definition) is 6. The van der Waals surface area contributed by atoms with Gasteiger partial charge in [0.15, 0.2) is 14.6 Å². The van der Waals surface area contributed by atoms with Gasteiger partial charge in [-0.15, -0.1) is 12.4 Å². The number of halogens is 1. The summed E-state index contributed by atoms with van der Waals surface area (Å²) >= 11 is 0. The van der Waals surface area contributed by atoms with Gasteiger partial charge in [-0.05, 0) is 45.3 Å². The molecule has 1 aromatic rings. The van der Waals surface area contributed by atoms with E-state index < -0.39 is 31.5 Å². The second kappa shape index (κ2) is 8.32. The van der Waals surface area contributed by atoms with Crippen molar-refractivity contribution in [1.82, 2.24) is 10.6 Å². The molecule has 1 aliphatic rings. The minimum Gasteiger partial charge on any atom is -0.348 e. The Morgan fingerprint density at radius 1 is 1.35 bits per heavy atom. The Bertz CT molecular complexity index is 791. The van der Waals surface area contributed by atoms with Crippen LogP contribution >= 0.6 is 12.4 Å².